The number of hydrogen-bond acceptors (Lipinski definition) is 5. The third kappa shape index (κ3) is 3.35. The maximum Gasteiger partial charge on any atom is 0.243 e. The van der Waals surface area contributed by atoms with Gasteiger partial charge in [-0.2, -0.15) is 16.1 Å². The molecule has 0 unspecified atom stereocenters. The zero-order valence-electron chi connectivity index (χ0n) is 12.9. The summed E-state index contributed by atoms with van der Waals surface area (Å²) in [5, 5.41) is 19.3. The monoisotopic (exact) mass is 319 g/mol. The van der Waals surface area contributed by atoms with Crippen molar-refractivity contribution in [1.82, 2.24) is 25.5 Å². The van der Waals surface area contributed by atoms with Gasteiger partial charge in [0.15, 0.2) is 0 Å². The zero-order chi connectivity index (χ0) is 15.5. The molecule has 0 saturated heterocycles. The second-order valence-corrected chi connectivity index (χ2v) is 6.88. The van der Waals surface area contributed by atoms with E-state index in [2.05, 4.69) is 34.6 Å². The molecule has 0 bridgehead atoms. The Hall–Kier alpha value is -1.76. The molecule has 2 aromatic heterocycles. The SMILES string of the molecule is C[C@@H]1[C@H](C)CCC[C@@H]1NC(=O)Cn1nnc(-c2ccsc2)n1. The van der Waals surface area contributed by atoms with Gasteiger partial charge in [0, 0.05) is 17.0 Å². The fraction of sp³-hybridized carbons (Fsp3) is 0.600. The molecular weight excluding hydrogens is 298 g/mol. The number of rotatable bonds is 4. The smallest absolute Gasteiger partial charge is 0.243 e. The molecule has 3 rings (SSSR count). The molecule has 22 heavy (non-hydrogen) atoms. The highest BCUT2D eigenvalue weighted by atomic mass is 32.1. The topological polar surface area (TPSA) is 72.7 Å². The molecule has 0 spiro atoms. The number of nitrogens with one attached hydrogen (secondary N) is 1. The van der Waals surface area contributed by atoms with E-state index >= 15 is 0 Å². The molecule has 118 valence electrons. The van der Waals surface area contributed by atoms with Gasteiger partial charge in [0.1, 0.15) is 6.54 Å². The molecule has 2 heterocycles. The first-order valence-corrected chi connectivity index (χ1v) is 8.67. The van der Waals surface area contributed by atoms with Crippen molar-refractivity contribution in [3.05, 3.63) is 16.8 Å². The van der Waals surface area contributed by atoms with Crippen LogP contribution in [-0.2, 0) is 11.3 Å². The first-order chi connectivity index (χ1) is 10.6. The van der Waals surface area contributed by atoms with E-state index in [1.807, 2.05) is 16.8 Å². The van der Waals surface area contributed by atoms with Crippen molar-refractivity contribution >= 4 is 17.2 Å². The van der Waals surface area contributed by atoms with Gasteiger partial charge in [0.05, 0.1) is 0 Å². The van der Waals surface area contributed by atoms with Gasteiger partial charge in [0.25, 0.3) is 0 Å². The standard InChI is InChI=1S/C15H21N5OS/c1-10-4-3-5-13(11(10)2)16-14(21)8-20-18-15(17-19-20)12-6-7-22-9-12/h6-7,9-11,13H,3-5,8H2,1-2H3,(H,16,21)/t10-,11-,13+/m1/s1. The Labute approximate surface area is 133 Å². The van der Waals surface area contributed by atoms with Gasteiger partial charge < -0.3 is 5.32 Å². The van der Waals surface area contributed by atoms with Gasteiger partial charge in [-0.15, -0.1) is 10.2 Å². The molecule has 0 radical (unpaired) electrons. The Morgan fingerprint density at radius 3 is 3.09 bits per heavy atom. The van der Waals surface area contributed by atoms with Crippen LogP contribution < -0.4 is 5.32 Å². The predicted octanol–water partition coefficient (Wildman–Crippen LogP) is 2.34. The summed E-state index contributed by atoms with van der Waals surface area (Å²) in [7, 11) is 0. The van der Waals surface area contributed by atoms with Crippen LogP contribution in [0.5, 0.6) is 0 Å². The summed E-state index contributed by atoms with van der Waals surface area (Å²) in [6, 6.07) is 2.20. The van der Waals surface area contributed by atoms with Crippen molar-refractivity contribution in [3.63, 3.8) is 0 Å². The molecule has 7 heteroatoms. The van der Waals surface area contributed by atoms with Crippen molar-refractivity contribution in [2.75, 3.05) is 0 Å². The minimum absolute atomic E-state index is 0.0415. The van der Waals surface area contributed by atoms with E-state index in [1.165, 1.54) is 17.6 Å². The molecule has 3 atom stereocenters. The van der Waals surface area contributed by atoms with Crippen LogP contribution in [0.1, 0.15) is 33.1 Å². The highest BCUT2D eigenvalue weighted by Crippen LogP contribution is 2.29. The molecule has 1 aliphatic carbocycles. The molecule has 0 aliphatic heterocycles. The number of nitrogens with zero attached hydrogens (tertiary/aromatic N) is 4. The molecule has 1 N–H and O–H groups in total. The summed E-state index contributed by atoms with van der Waals surface area (Å²) in [6.07, 6.45) is 3.49. The van der Waals surface area contributed by atoms with E-state index in [-0.39, 0.29) is 18.5 Å². The third-order valence-corrected chi connectivity index (χ3v) is 5.25. The second kappa shape index (κ2) is 6.56. The van der Waals surface area contributed by atoms with Crippen LogP contribution in [0.4, 0.5) is 0 Å². The largest absolute Gasteiger partial charge is 0.351 e. The number of aromatic nitrogens is 4. The van der Waals surface area contributed by atoms with Gasteiger partial charge >= 0.3 is 0 Å². The normalized spacial score (nSPS) is 25.1. The average molecular weight is 319 g/mol. The van der Waals surface area contributed by atoms with Crippen molar-refractivity contribution in [2.45, 2.75) is 45.7 Å². The van der Waals surface area contributed by atoms with Crippen LogP contribution in [0.2, 0.25) is 0 Å². The average Bonchev–Trinajstić information content (AvgIpc) is 3.14. The number of tetrazole rings is 1. The molecular formula is C15H21N5OS. The lowest BCUT2D eigenvalue weighted by molar-refractivity contribution is -0.123. The van der Waals surface area contributed by atoms with E-state index < -0.39 is 0 Å². The van der Waals surface area contributed by atoms with Crippen LogP contribution in [0.3, 0.4) is 0 Å². The lowest BCUT2D eigenvalue weighted by atomic mass is 9.78. The number of thiophene rings is 1. The second-order valence-electron chi connectivity index (χ2n) is 6.10. The molecule has 1 saturated carbocycles. The fourth-order valence-corrected chi connectivity index (χ4v) is 3.62. The zero-order valence-corrected chi connectivity index (χ0v) is 13.7. The van der Waals surface area contributed by atoms with Crippen LogP contribution in [0.25, 0.3) is 11.4 Å². The van der Waals surface area contributed by atoms with E-state index in [1.54, 1.807) is 11.3 Å². The fourth-order valence-electron chi connectivity index (χ4n) is 2.98. The summed E-state index contributed by atoms with van der Waals surface area (Å²) in [5.74, 6) is 1.70. The van der Waals surface area contributed by atoms with E-state index in [0.29, 0.717) is 17.7 Å². The van der Waals surface area contributed by atoms with Gasteiger partial charge in [0.2, 0.25) is 11.7 Å². The van der Waals surface area contributed by atoms with Crippen LogP contribution in [-0.4, -0.2) is 32.2 Å². The van der Waals surface area contributed by atoms with Crippen LogP contribution in [0, 0.1) is 11.8 Å². The number of hydrogen-bond donors (Lipinski definition) is 1. The van der Waals surface area contributed by atoms with E-state index in [0.717, 1.165) is 12.0 Å². The Balaban J connectivity index is 1.58. The lowest BCUT2D eigenvalue weighted by Gasteiger charge is -2.34. The number of amides is 1. The van der Waals surface area contributed by atoms with E-state index in [4.69, 9.17) is 0 Å². The number of carbonyl (C=O) groups is 1. The van der Waals surface area contributed by atoms with Crippen LogP contribution in [0.15, 0.2) is 16.8 Å². The minimum atomic E-state index is -0.0415. The summed E-state index contributed by atoms with van der Waals surface area (Å²) in [6.45, 7) is 4.60. The Kier molecular flexibility index (Phi) is 4.52. The summed E-state index contributed by atoms with van der Waals surface area (Å²) < 4.78 is 0. The maximum atomic E-state index is 12.2. The van der Waals surface area contributed by atoms with Crippen LogP contribution >= 0.6 is 11.3 Å². The van der Waals surface area contributed by atoms with Gasteiger partial charge in [-0.3, -0.25) is 4.79 Å². The summed E-state index contributed by atoms with van der Waals surface area (Å²) in [5.41, 5.74) is 0.936. The molecule has 1 amide bonds. The van der Waals surface area contributed by atoms with E-state index in [9.17, 15) is 4.79 Å². The number of carbonyl (C=O) groups excluding carboxylic acids is 1. The van der Waals surface area contributed by atoms with Crippen molar-refractivity contribution in [1.29, 1.82) is 0 Å². The predicted molar refractivity (Wildman–Crippen MR) is 85.2 cm³/mol. The first-order valence-electron chi connectivity index (χ1n) is 7.73. The molecule has 2 aromatic rings. The summed E-state index contributed by atoms with van der Waals surface area (Å²) >= 11 is 1.58. The highest BCUT2D eigenvalue weighted by Gasteiger charge is 2.28. The lowest BCUT2D eigenvalue weighted by Crippen LogP contribution is -2.45. The minimum Gasteiger partial charge on any atom is -0.351 e. The highest BCUT2D eigenvalue weighted by molar-refractivity contribution is 7.08. The maximum absolute atomic E-state index is 12.2. The van der Waals surface area contributed by atoms with Crippen molar-refractivity contribution < 1.29 is 4.79 Å². The van der Waals surface area contributed by atoms with Gasteiger partial charge in [-0.05, 0) is 34.9 Å². The van der Waals surface area contributed by atoms with Gasteiger partial charge in [-0.1, -0.05) is 26.7 Å². The van der Waals surface area contributed by atoms with Crippen molar-refractivity contribution in [2.24, 2.45) is 11.8 Å². The third-order valence-electron chi connectivity index (χ3n) is 4.57. The Bertz CT molecular complexity index is 624. The van der Waals surface area contributed by atoms with Gasteiger partial charge in [-0.25, -0.2) is 0 Å². The molecule has 6 nitrogen and oxygen atoms in total. The molecule has 1 fully saturated rings. The molecule has 0 aromatic carbocycles. The van der Waals surface area contributed by atoms with Crippen molar-refractivity contribution in [3.8, 4) is 11.4 Å². The quantitative estimate of drug-likeness (QED) is 0.939. The Morgan fingerprint density at radius 2 is 2.32 bits per heavy atom. The summed E-state index contributed by atoms with van der Waals surface area (Å²) in [4.78, 5) is 13.6. The first kappa shape index (κ1) is 15.1. The Morgan fingerprint density at radius 1 is 1.45 bits per heavy atom. The molecule has 1 aliphatic rings.